The number of carbonyl (C=O) groups excluding carboxylic acids is 1. The monoisotopic (exact) mass is 397 g/mol. The maximum Gasteiger partial charge on any atom is 0.324 e. The number of piperidine rings is 3. The van der Waals surface area contributed by atoms with E-state index in [1.807, 2.05) is 9.80 Å². The third-order valence-electron chi connectivity index (χ3n) is 8.04. The molecule has 0 spiro atoms. The van der Waals surface area contributed by atoms with Crippen LogP contribution in [-0.4, -0.2) is 65.7 Å². The Morgan fingerprint density at radius 3 is 2.10 bits per heavy atom. The fourth-order valence-electron chi connectivity index (χ4n) is 6.02. The van der Waals surface area contributed by atoms with Gasteiger partial charge < -0.3 is 14.9 Å². The Labute approximate surface area is 172 Å². The van der Waals surface area contributed by atoms with Crippen LogP contribution in [-0.2, 0) is 10.2 Å². The van der Waals surface area contributed by atoms with Crippen LogP contribution in [0.3, 0.4) is 0 Å². The number of rotatable bonds is 4. The van der Waals surface area contributed by atoms with E-state index in [1.54, 1.807) is 0 Å². The van der Waals surface area contributed by atoms with Crippen molar-refractivity contribution in [2.75, 3.05) is 37.6 Å². The number of amides is 2. The van der Waals surface area contributed by atoms with E-state index >= 15 is 0 Å². The summed E-state index contributed by atoms with van der Waals surface area (Å²) >= 11 is 0. The first-order chi connectivity index (χ1) is 14.1. The van der Waals surface area contributed by atoms with E-state index in [0.29, 0.717) is 18.3 Å². The van der Waals surface area contributed by atoms with Crippen LogP contribution in [0.1, 0.15) is 50.5 Å². The molecule has 0 atom stereocenters. The summed E-state index contributed by atoms with van der Waals surface area (Å²) in [4.78, 5) is 30.7. The van der Waals surface area contributed by atoms with Gasteiger partial charge in [-0.25, -0.2) is 4.79 Å². The molecule has 1 aromatic carbocycles. The minimum atomic E-state index is -0.693. The van der Waals surface area contributed by atoms with Crippen molar-refractivity contribution >= 4 is 17.7 Å². The molecule has 4 aliphatic heterocycles. The predicted molar refractivity (Wildman–Crippen MR) is 111 cm³/mol. The number of aliphatic carboxylic acids is 1. The Hall–Kier alpha value is -2.08. The summed E-state index contributed by atoms with van der Waals surface area (Å²) in [5.74, 6) is -0.931. The summed E-state index contributed by atoms with van der Waals surface area (Å²) in [5.41, 5.74) is 2.78. The van der Waals surface area contributed by atoms with Gasteiger partial charge in [0.1, 0.15) is 0 Å². The largest absolute Gasteiger partial charge is 0.481 e. The highest BCUT2D eigenvalue weighted by Crippen LogP contribution is 2.43. The molecule has 29 heavy (non-hydrogen) atoms. The molecule has 1 N–H and O–H groups in total. The van der Waals surface area contributed by atoms with Crippen molar-refractivity contribution in [2.24, 2.45) is 5.92 Å². The fraction of sp³-hybridized carbons (Fsp3) is 0.652. The number of hydrogen-bond donors (Lipinski definition) is 1. The number of carboxylic acid groups (broad SMARTS) is 1. The van der Waals surface area contributed by atoms with Crippen molar-refractivity contribution < 1.29 is 14.7 Å². The van der Waals surface area contributed by atoms with Crippen molar-refractivity contribution in [1.82, 2.24) is 9.80 Å². The van der Waals surface area contributed by atoms with Crippen molar-refractivity contribution in [3.8, 4) is 0 Å². The molecule has 1 aliphatic carbocycles. The zero-order chi connectivity index (χ0) is 20.0. The van der Waals surface area contributed by atoms with Crippen LogP contribution in [0.25, 0.3) is 0 Å². The Kier molecular flexibility index (Phi) is 4.77. The summed E-state index contributed by atoms with van der Waals surface area (Å²) in [5, 5.41) is 9.20. The van der Waals surface area contributed by atoms with Gasteiger partial charge in [-0.2, -0.15) is 0 Å². The number of carboxylic acids is 1. The molecule has 6 heteroatoms. The van der Waals surface area contributed by atoms with Crippen molar-refractivity contribution in [3.05, 3.63) is 29.8 Å². The van der Waals surface area contributed by atoms with E-state index in [0.717, 1.165) is 31.6 Å². The average molecular weight is 398 g/mol. The molecule has 1 aromatic rings. The second-order valence-electron chi connectivity index (χ2n) is 9.39. The lowest BCUT2D eigenvalue weighted by Gasteiger charge is -2.49. The Bertz CT molecular complexity index is 763. The Morgan fingerprint density at radius 1 is 0.897 bits per heavy atom. The molecule has 1 saturated carbocycles. The fourth-order valence-corrected chi connectivity index (χ4v) is 6.02. The molecule has 4 saturated heterocycles. The molecular formula is C23H31N3O3. The molecule has 2 amide bonds. The van der Waals surface area contributed by atoms with Gasteiger partial charge >= 0.3 is 12.0 Å². The minimum absolute atomic E-state index is 0.0839. The topological polar surface area (TPSA) is 64.1 Å². The first kappa shape index (κ1) is 18.9. The molecule has 5 fully saturated rings. The van der Waals surface area contributed by atoms with Gasteiger partial charge in [-0.1, -0.05) is 12.1 Å². The Morgan fingerprint density at radius 2 is 1.52 bits per heavy atom. The number of benzene rings is 1. The van der Waals surface area contributed by atoms with Crippen LogP contribution in [0.2, 0.25) is 0 Å². The molecule has 0 radical (unpaired) electrons. The maximum atomic E-state index is 13.1. The number of fused-ring (bicyclic) bond motifs is 3. The number of anilines is 1. The molecule has 156 valence electrons. The summed E-state index contributed by atoms with van der Waals surface area (Å²) in [6, 6.07) is 9.05. The summed E-state index contributed by atoms with van der Waals surface area (Å²) in [6.45, 7) is 5.10. The molecular weight excluding hydrogens is 366 g/mol. The van der Waals surface area contributed by atoms with Crippen LogP contribution < -0.4 is 4.90 Å². The summed E-state index contributed by atoms with van der Waals surface area (Å²) in [6.07, 6.45) is 6.71. The van der Waals surface area contributed by atoms with Gasteiger partial charge in [-0.15, -0.1) is 0 Å². The zero-order valence-electron chi connectivity index (χ0n) is 17.1. The van der Waals surface area contributed by atoms with Gasteiger partial charge in [0.25, 0.3) is 0 Å². The minimum Gasteiger partial charge on any atom is -0.481 e. The second kappa shape index (κ2) is 7.31. The average Bonchev–Trinajstić information content (AvgIpc) is 3.16. The molecule has 0 aromatic heterocycles. The molecule has 0 unspecified atom stereocenters. The zero-order valence-corrected chi connectivity index (χ0v) is 17.1. The highest BCUT2D eigenvalue weighted by atomic mass is 16.4. The van der Waals surface area contributed by atoms with Gasteiger partial charge in [-0.3, -0.25) is 9.69 Å². The lowest BCUT2D eigenvalue weighted by atomic mass is 9.67. The van der Waals surface area contributed by atoms with E-state index in [-0.39, 0.29) is 18.0 Å². The van der Waals surface area contributed by atoms with Crippen molar-refractivity contribution in [1.29, 1.82) is 0 Å². The standard InChI is InChI=1S/C23H31N3O3/c27-21(28)17-1-5-19(6-2-17)25-15-16-26(22(25)29)20-7-3-18(4-8-20)23-9-12-24(13-10-23)14-11-23/h3-4,7-8,17,19H,1-2,5-6,9-16H2,(H,27,28). The molecule has 5 aliphatic rings. The molecule has 2 bridgehead atoms. The predicted octanol–water partition coefficient (Wildman–Crippen LogP) is 3.31. The quantitative estimate of drug-likeness (QED) is 0.847. The van der Waals surface area contributed by atoms with Gasteiger partial charge in [0, 0.05) is 24.8 Å². The van der Waals surface area contributed by atoms with Crippen LogP contribution >= 0.6 is 0 Å². The van der Waals surface area contributed by atoms with E-state index in [1.165, 1.54) is 44.5 Å². The highest BCUT2D eigenvalue weighted by Gasteiger charge is 2.41. The van der Waals surface area contributed by atoms with Gasteiger partial charge in [0.2, 0.25) is 0 Å². The highest BCUT2D eigenvalue weighted by molar-refractivity contribution is 5.94. The van der Waals surface area contributed by atoms with Gasteiger partial charge in [0.05, 0.1) is 5.92 Å². The van der Waals surface area contributed by atoms with Crippen LogP contribution in [0.15, 0.2) is 24.3 Å². The smallest absolute Gasteiger partial charge is 0.324 e. The van der Waals surface area contributed by atoms with E-state index < -0.39 is 5.97 Å². The normalized spacial score (nSPS) is 34.6. The SMILES string of the molecule is O=C(O)C1CCC(N2CCN(c3ccc(C45CCN(CC4)CC5)cc3)C2=O)CC1. The van der Waals surface area contributed by atoms with E-state index in [4.69, 9.17) is 0 Å². The summed E-state index contributed by atoms with van der Waals surface area (Å²) in [7, 11) is 0. The summed E-state index contributed by atoms with van der Waals surface area (Å²) < 4.78 is 0. The van der Waals surface area contributed by atoms with Crippen molar-refractivity contribution in [2.45, 2.75) is 56.4 Å². The van der Waals surface area contributed by atoms with Crippen LogP contribution in [0, 0.1) is 5.92 Å². The first-order valence-corrected chi connectivity index (χ1v) is 11.2. The van der Waals surface area contributed by atoms with Crippen LogP contribution in [0.4, 0.5) is 10.5 Å². The van der Waals surface area contributed by atoms with Gasteiger partial charge in [0.15, 0.2) is 0 Å². The van der Waals surface area contributed by atoms with E-state index in [9.17, 15) is 14.7 Å². The number of hydrogen-bond acceptors (Lipinski definition) is 3. The number of urea groups is 1. The van der Waals surface area contributed by atoms with Gasteiger partial charge in [-0.05, 0) is 87.7 Å². The maximum absolute atomic E-state index is 13.1. The lowest BCUT2D eigenvalue weighted by Crippen LogP contribution is -2.50. The number of nitrogens with zero attached hydrogens (tertiary/aromatic N) is 3. The first-order valence-electron chi connectivity index (χ1n) is 11.2. The number of carbonyl (C=O) groups is 2. The van der Waals surface area contributed by atoms with Crippen LogP contribution in [0.5, 0.6) is 0 Å². The molecule has 4 heterocycles. The third kappa shape index (κ3) is 3.31. The second-order valence-corrected chi connectivity index (χ2v) is 9.39. The Balaban J connectivity index is 1.25. The molecule has 6 rings (SSSR count). The third-order valence-corrected chi connectivity index (χ3v) is 8.04. The lowest BCUT2D eigenvalue weighted by molar-refractivity contribution is -0.143. The van der Waals surface area contributed by atoms with Crippen molar-refractivity contribution in [3.63, 3.8) is 0 Å². The molecule has 6 nitrogen and oxygen atoms in total. The van der Waals surface area contributed by atoms with E-state index in [2.05, 4.69) is 29.2 Å².